The molecule has 1 unspecified atom stereocenters. The molecule has 7 heteroatoms. The van der Waals surface area contributed by atoms with Crippen molar-refractivity contribution in [2.75, 3.05) is 6.26 Å². The van der Waals surface area contributed by atoms with Crippen molar-refractivity contribution in [1.82, 2.24) is 10.3 Å². The van der Waals surface area contributed by atoms with Crippen molar-refractivity contribution >= 4 is 15.7 Å². The van der Waals surface area contributed by atoms with Crippen LogP contribution >= 0.6 is 0 Å². The first-order valence-corrected chi connectivity index (χ1v) is 8.12. The number of amides is 1. The van der Waals surface area contributed by atoms with Crippen LogP contribution in [0.25, 0.3) is 0 Å². The van der Waals surface area contributed by atoms with Gasteiger partial charge in [-0.3, -0.25) is 4.79 Å². The standard InChI is InChI=1S/C14H15FN2O3S/c1-9(17-14(18)12-4-3-7-16-12)10-5-6-13(11(15)8-10)21(2,19)20/h3-9,16H,1-2H3,(H,17,18). The molecule has 1 aromatic heterocycles. The van der Waals surface area contributed by atoms with E-state index in [9.17, 15) is 17.6 Å². The number of sulfone groups is 1. The molecule has 0 fully saturated rings. The molecule has 0 aliphatic rings. The number of benzene rings is 1. The smallest absolute Gasteiger partial charge is 0.268 e. The Morgan fingerprint density at radius 3 is 2.57 bits per heavy atom. The van der Waals surface area contributed by atoms with Gasteiger partial charge in [-0.2, -0.15) is 0 Å². The normalized spacial score (nSPS) is 12.9. The topological polar surface area (TPSA) is 79.0 Å². The molecular weight excluding hydrogens is 295 g/mol. The molecule has 1 atom stereocenters. The molecule has 0 spiro atoms. The van der Waals surface area contributed by atoms with E-state index in [4.69, 9.17) is 0 Å². The highest BCUT2D eigenvalue weighted by Gasteiger charge is 2.17. The number of aromatic nitrogens is 1. The van der Waals surface area contributed by atoms with Crippen molar-refractivity contribution in [3.8, 4) is 0 Å². The predicted octanol–water partition coefficient (Wildman–Crippen LogP) is 2.05. The van der Waals surface area contributed by atoms with E-state index in [1.54, 1.807) is 25.3 Å². The van der Waals surface area contributed by atoms with Crippen LogP contribution < -0.4 is 5.32 Å². The maximum absolute atomic E-state index is 13.8. The van der Waals surface area contributed by atoms with Gasteiger partial charge in [0.1, 0.15) is 16.4 Å². The third-order valence-corrected chi connectivity index (χ3v) is 4.18. The number of carbonyl (C=O) groups excluding carboxylic acids is 1. The molecule has 0 saturated carbocycles. The number of nitrogens with one attached hydrogen (secondary N) is 2. The summed E-state index contributed by atoms with van der Waals surface area (Å²) in [5.74, 6) is -1.14. The third-order valence-electron chi connectivity index (χ3n) is 3.05. The van der Waals surface area contributed by atoms with Crippen LogP contribution in [0.5, 0.6) is 0 Å². The monoisotopic (exact) mass is 310 g/mol. The molecule has 0 aliphatic heterocycles. The molecule has 0 saturated heterocycles. The van der Waals surface area contributed by atoms with Gasteiger partial charge in [0, 0.05) is 12.5 Å². The molecular formula is C14H15FN2O3S. The lowest BCUT2D eigenvalue weighted by Gasteiger charge is -2.14. The summed E-state index contributed by atoms with van der Waals surface area (Å²) in [7, 11) is -3.60. The Balaban J connectivity index is 2.19. The van der Waals surface area contributed by atoms with Crippen LogP contribution in [-0.4, -0.2) is 25.6 Å². The Hall–Kier alpha value is -2.15. The van der Waals surface area contributed by atoms with E-state index in [0.717, 1.165) is 12.3 Å². The lowest BCUT2D eigenvalue weighted by molar-refractivity contribution is 0.0935. The Morgan fingerprint density at radius 1 is 1.33 bits per heavy atom. The van der Waals surface area contributed by atoms with Gasteiger partial charge >= 0.3 is 0 Å². The van der Waals surface area contributed by atoms with E-state index in [0.29, 0.717) is 11.3 Å². The Labute approximate surface area is 122 Å². The zero-order valence-corrected chi connectivity index (χ0v) is 12.4. The Kier molecular flexibility index (Phi) is 4.13. The fraction of sp³-hybridized carbons (Fsp3) is 0.214. The van der Waals surface area contributed by atoms with Gasteiger partial charge in [-0.05, 0) is 36.8 Å². The first-order valence-electron chi connectivity index (χ1n) is 6.23. The van der Waals surface area contributed by atoms with E-state index < -0.39 is 21.7 Å². The number of rotatable bonds is 4. The second kappa shape index (κ2) is 5.69. The van der Waals surface area contributed by atoms with Crippen molar-refractivity contribution in [3.05, 3.63) is 53.6 Å². The van der Waals surface area contributed by atoms with Crippen molar-refractivity contribution < 1.29 is 17.6 Å². The van der Waals surface area contributed by atoms with Gasteiger partial charge in [0.15, 0.2) is 9.84 Å². The first kappa shape index (κ1) is 15.2. The van der Waals surface area contributed by atoms with E-state index in [-0.39, 0.29) is 10.8 Å². The Morgan fingerprint density at radius 2 is 2.05 bits per heavy atom. The van der Waals surface area contributed by atoms with Gasteiger partial charge in [-0.1, -0.05) is 6.07 Å². The summed E-state index contributed by atoms with van der Waals surface area (Å²) in [6, 6.07) is 6.67. The van der Waals surface area contributed by atoms with Crippen LogP contribution in [0.1, 0.15) is 29.0 Å². The fourth-order valence-electron chi connectivity index (χ4n) is 1.92. The van der Waals surface area contributed by atoms with Gasteiger partial charge in [0.25, 0.3) is 5.91 Å². The van der Waals surface area contributed by atoms with Crippen molar-refractivity contribution in [3.63, 3.8) is 0 Å². The van der Waals surface area contributed by atoms with Gasteiger partial charge in [0.05, 0.1) is 6.04 Å². The quantitative estimate of drug-likeness (QED) is 0.907. The zero-order valence-electron chi connectivity index (χ0n) is 11.6. The first-order chi connectivity index (χ1) is 9.79. The molecule has 0 radical (unpaired) electrons. The molecule has 112 valence electrons. The van der Waals surface area contributed by atoms with Crippen molar-refractivity contribution in [2.45, 2.75) is 17.9 Å². The van der Waals surface area contributed by atoms with Crippen LogP contribution in [0.4, 0.5) is 4.39 Å². The maximum atomic E-state index is 13.8. The van der Waals surface area contributed by atoms with Gasteiger partial charge in [-0.25, -0.2) is 12.8 Å². The zero-order chi connectivity index (χ0) is 15.6. The SMILES string of the molecule is CC(NC(=O)c1ccc[nH]1)c1ccc(S(C)(=O)=O)c(F)c1. The summed E-state index contributed by atoms with van der Waals surface area (Å²) in [5, 5.41) is 2.70. The summed E-state index contributed by atoms with van der Waals surface area (Å²) in [5.41, 5.74) is 0.884. The molecule has 1 amide bonds. The molecule has 0 bridgehead atoms. The molecule has 1 aromatic carbocycles. The van der Waals surface area contributed by atoms with E-state index >= 15 is 0 Å². The number of halogens is 1. The highest BCUT2D eigenvalue weighted by Crippen LogP contribution is 2.20. The van der Waals surface area contributed by atoms with Crippen LogP contribution in [0, 0.1) is 5.82 Å². The van der Waals surface area contributed by atoms with Crippen molar-refractivity contribution in [2.24, 2.45) is 0 Å². The molecule has 2 N–H and O–H groups in total. The summed E-state index contributed by atoms with van der Waals surface area (Å²) < 4.78 is 36.5. The Bertz CT molecular complexity index is 755. The summed E-state index contributed by atoms with van der Waals surface area (Å²) in [4.78, 5) is 14.3. The minimum Gasteiger partial charge on any atom is -0.357 e. The number of hydrogen-bond acceptors (Lipinski definition) is 3. The maximum Gasteiger partial charge on any atom is 0.268 e. The summed E-state index contributed by atoms with van der Waals surface area (Å²) >= 11 is 0. The van der Waals surface area contributed by atoms with Gasteiger partial charge in [-0.15, -0.1) is 0 Å². The van der Waals surface area contributed by atoms with Crippen LogP contribution in [-0.2, 0) is 9.84 Å². The number of hydrogen-bond donors (Lipinski definition) is 2. The largest absolute Gasteiger partial charge is 0.357 e. The van der Waals surface area contributed by atoms with E-state index in [2.05, 4.69) is 10.3 Å². The number of aromatic amines is 1. The second-order valence-electron chi connectivity index (χ2n) is 4.74. The molecule has 0 aliphatic carbocycles. The van der Waals surface area contributed by atoms with E-state index in [1.165, 1.54) is 12.1 Å². The molecule has 2 aromatic rings. The van der Waals surface area contributed by atoms with Gasteiger partial charge < -0.3 is 10.3 Å². The average Bonchev–Trinajstić information content (AvgIpc) is 2.90. The lowest BCUT2D eigenvalue weighted by atomic mass is 10.1. The third kappa shape index (κ3) is 3.49. The predicted molar refractivity (Wildman–Crippen MR) is 76.2 cm³/mol. The molecule has 2 rings (SSSR count). The molecule has 21 heavy (non-hydrogen) atoms. The van der Waals surface area contributed by atoms with Crippen molar-refractivity contribution in [1.29, 1.82) is 0 Å². The highest BCUT2D eigenvalue weighted by molar-refractivity contribution is 7.90. The van der Waals surface area contributed by atoms with Gasteiger partial charge in [0.2, 0.25) is 0 Å². The lowest BCUT2D eigenvalue weighted by Crippen LogP contribution is -2.27. The molecule has 1 heterocycles. The van der Waals surface area contributed by atoms with E-state index in [1.807, 2.05) is 0 Å². The minimum atomic E-state index is -3.60. The number of carbonyl (C=O) groups is 1. The summed E-state index contributed by atoms with van der Waals surface area (Å²) in [6.45, 7) is 1.69. The second-order valence-corrected chi connectivity index (χ2v) is 6.73. The fourth-order valence-corrected chi connectivity index (χ4v) is 2.64. The van der Waals surface area contributed by atoms with Crippen LogP contribution in [0.3, 0.4) is 0 Å². The summed E-state index contributed by atoms with van der Waals surface area (Å²) in [6.07, 6.45) is 2.57. The van der Waals surface area contributed by atoms with Crippen LogP contribution in [0.15, 0.2) is 41.4 Å². The molecule has 5 nitrogen and oxygen atoms in total. The minimum absolute atomic E-state index is 0.319. The average molecular weight is 310 g/mol. The van der Waals surface area contributed by atoms with Crippen LogP contribution in [0.2, 0.25) is 0 Å². The number of H-pyrrole nitrogens is 1. The highest BCUT2D eigenvalue weighted by atomic mass is 32.2.